The number of hydrogen-bond acceptors (Lipinski definition) is 7. The van der Waals surface area contributed by atoms with Gasteiger partial charge in [0.15, 0.2) is 17.6 Å². The minimum absolute atomic E-state index is 0.0921. The molecule has 0 aromatic heterocycles. The zero-order chi connectivity index (χ0) is 23.7. The molecule has 1 aromatic carbocycles. The Kier molecular flexibility index (Phi) is 5.05. The number of hydrogen-bond donors (Lipinski definition) is 1. The van der Waals surface area contributed by atoms with Crippen molar-refractivity contribution in [3.63, 3.8) is 0 Å². The number of carbonyl (C=O) groups excluding carboxylic acids is 2. The van der Waals surface area contributed by atoms with E-state index in [1.54, 1.807) is 6.07 Å². The standard InChI is InChI=1S/C26H33NO6/c1-14(28)31-20-8-7-17-18-13-16-15(6-9-21(30)33-25(2,3)4)12-19(29)23-22(16)26(17,24(20)32-23)10-11-27(18)5/h7-8,12,17-18,20,24,29H,6,9-11,13H2,1-5H3/t17?,18-,20+,24+,26?/m1/s1. The third kappa shape index (κ3) is 3.43. The summed E-state index contributed by atoms with van der Waals surface area (Å²) in [5, 5.41) is 11.0. The minimum Gasteiger partial charge on any atom is -0.504 e. The Morgan fingerprint density at radius 1 is 1.30 bits per heavy atom. The summed E-state index contributed by atoms with van der Waals surface area (Å²) >= 11 is 0. The Bertz CT molecular complexity index is 1040. The predicted molar refractivity (Wildman–Crippen MR) is 121 cm³/mol. The fraction of sp³-hybridized carbons (Fsp3) is 0.615. The fourth-order valence-electron chi connectivity index (χ4n) is 6.52. The molecule has 1 spiro atoms. The summed E-state index contributed by atoms with van der Waals surface area (Å²) in [6.45, 7) is 7.90. The lowest BCUT2D eigenvalue weighted by Gasteiger charge is -2.56. The smallest absolute Gasteiger partial charge is 0.306 e. The third-order valence-electron chi connectivity index (χ3n) is 7.67. The van der Waals surface area contributed by atoms with Crippen molar-refractivity contribution in [2.24, 2.45) is 5.92 Å². The monoisotopic (exact) mass is 455 g/mol. The summed E-state index contributed by atoms with van der Waals surface area (Å²) in [5.74, 6) is 0.229. The molecule has 1 aromatic rings. The molecule has 178 valence electrons. The van der Waals surface area contributed by atoms with E-state index in [1.165, 1.54) is 12.5 Å². The normalized spacial score (nSPS) is 31.5. The molecule has 2 aliphatic carbocycles. The van der Waals surface area contributed by atoms with E-state index in [2.05, 4.69) is 18.0 Å². The largest absolute Gasteiger partial charge is 0.504 e. The molecule has 2 bridgehead atoms. The number of likely N-dealkylation sites (tertiary alicyclic amines) is 1. The molecule has 5 atom stereocenters. The second-order valence-electron chi connectivity index (χ2n) is 10.9. The maximum Gasteiger partial charge on any atom is 0.306 e. The van der Waals surface area contributed by atoms with Gasteiger partial charge >= 0.3 is 11.9 Å². The first-order chi connectivity index (χ1) is 15.5. The number of likely N-dealkylation sites (N-methyl/N-ethyl adjacent to an activating group) is 1. The second kappa shape index (κ2) is 7.49. The first-order valence-corrected chi connectivity index (χ1v) is 11.8. The summed E-state index contributed by atoms with van der Waals surface area (Å²) in [7, 11) is 2.15. The van der Waals surface area contributed by atoms with Crippen molar-refractivity contribution in [1.29, 1.82) is 0 Å². The van der Waals surface area contributed by atoms with Crippen LogP contribution in [0, 0.1) is 5.92 Å². The van der Waals surface area contributed by atoms with Gasteiger partial charge in [-0.05, 0) is 76.9 Å². The maximum absolute atomic E-state index is 12.4. The summed E-state index contributed by atoms with van der Waals surface area (Å²) in [4.78, 5) is 26.6. The Morgan fingerprint density at radius 2 is 2.06 bits per heavy atom. The number of esters is 2. The molecule has 4 aliphatic rings. The SMILES string of the molecule is CC(=O)O[C@H]1C=CC2[C@H]3Cc4c(CCC(=O)OC(C)(C)C)cc(O)c5c4C2(CCN3C)[C@H]1O5. The Hall–Kier alpha value is -2.54. The number of benzene rings is 1. The van der Waals surface area contributed by atoms with Crippen LogP contribution in [0.5, 0.6) is 11.5 Å². The highest BCUT2D eigenvalue weighted by Gasteiger charge is 2.65. The molecule has 33 heavy (non-hydrogen) atoms. The van der Waals surface area contributed by atoms with Gasteiger partial charge in [0.25, 0.3) is 0 Å². The summed E-state index contributed by atoms with van der Waals surface area (Å²) in [5.41, 5.74) is 2.31. The van der Waals surface area contributed by atoms with Gasteiger partial charge in [-0.2, -0.15) is 0 Å². The van der Waals surface area contributed by atoms with Crippen molar-refractivity contribution >= 4 is 11.9 Å². The van der Waals surface area contributed by atoms with Gasteiger partial charge in [-0.1, -0.05) is 6.08 Å². The lowest BCUT2D eigenvalue weighted by atomic mass is 9.53. The van der Waals surface area contributed by atoms with Crippen molar-refractivity contribution in [2.75, 3.05) is 13.6 Å². The molecular weight excluding hydrogens is 422 g/mol. The number of nitrogens with zero attached hydrogens (tertiary/aromatic N) is 1. The van der Waals surface area contributed by atoms with E-state index >= 15 is 0 Å². The van der Waals surface area contributed by atoms with Crippen molar-refractivity contribution in [3.05, 3.63) is 34.9 Å². The van der Waals surface area contributed by atoms with Crippen LogP contribution in [0.15, 0.2) is 18.2 Å². The van der Waals surface area contributed by atoms with E-state index in [9.17, 15) is 14.7 Å². The average molecular weight is 456 g/mol. The van der Waals surface area contributed by atoms with Crippen LogP contribution in [0.3, 0.4) is 0 Å². The molecule has 1 saturated heterocycles. The quantitative estimate of drug-likeness (QED) is 0.552. The van der Waals surface area contributed by atoms with E-state index in [-0.39, 0.29) is 47.6 Å². The van der Waals surface area contributed by atoms with Crippen LogP contribution >= 0.6 is 0 Å². The number of rotatable bonds is 4. The van der Waals surface area contributed by atoms with Gasteiger partial charge in [0.05, 0.1) is 0 Å². The van der Waals surface area contributed by atoms with E-state index in [0.29, 0.717) is 12.2 Å². The molecule has 0 radical (unpaired) electrons. The Balaban J connectivity index is 1.57. The highest BCUT2D eigenvalue weighted by Crippen LogP contribution is 2.63. The lowest BCUT2D eigenvalue weighted by Crippen LogP contribution is -2.65. The van der Waals surface area contributed by atoms with Gasteiger partial charge in [-0.3, -0.25) is 9.59 Å². The molecule has 5 rings (SSSR count). The van der Waals surface area contributed by atoms with Gasteiger partial charge in [0.1, 0.15) is 11.7 Å². The van der Waals surface area contributed by atoms with Crippen LogP contribution in [-0.4, -0.2) is 59.4 Å². The molecule has 1 fully saturated rings. The number of carbonyl (C=O) groups is 2. The third-order valence-corrected chi connectivity index (χ3v) is 7.67. The highest BCUT2D eigenvalue weighted by atomic mass is 16.6. The molecule has 0 saturated carbocycles. The van der Waals surface area contributed by atoms with Crippen LogP contribution in [0.4, 0.5) is 0 Å². The van der Waals surface area contributed by atoms with Crippen molar-refractivity contribution in [1.82, 2.24) is 4.90 Å². The molecule has 1 N–H and O–H groups in total. The molecule has 0 amide bonds. The van der Waals surface area contributed by atoms with Gasteiger partial charge in [0, 0.05) is 36.3 Å². The van der Waals surface area contributed by atoms with Crippen molar-refractivity contribution < 1.29 is 28.9 Å². The summed E-state index contributed by atoms with van der Waals surface area (Å²) < 4.78 is 17.6. The number of piperidine rings is 1. The van der Waals surface area contributed by atoms with Gasteiger partial charge in [0.2, 0.25) is 0 Å². The molecule has 2 heterocycles. The van der Waals surface area contributed by atoms with E-state index in [1.807, 2.05) is 26.8 Å². The average Bonchev–Trinajstić information content (AvgIpc) is 3.05. The van der Waals surface area contributed by atoms with Crippen LogP contribution in [0.2, 0.25) is 0 Å². The summed E-state index contributed by atoms with van der Waals surface area (Å²) in [6, 6.07) is 2.03. The first kappa shape index (κ1) is 22.3. The fourth-order valence-corrected chi connectivity index (χ4v) is 6.52. The molecule has 7 nitrogen and oxygen atoms in total. The molecule has 7 heteroatoms. The van der Waals surface area contributed by atoms with Gasteiger partial charge in [-0.15, -0.1) is 0 Å². The highest BCUT2D eigenvalue weighted by molar-refractivity contribution is 5.71. The van der Waals surface area contributed by atoms with Crippen LogP contribution in [0.1, 0.15) is 57.2 Å². The van der Waals surface area contributed by atoms with Gasteiger partial charge in [-0.25, -0.2) is 0 Å². The second-order valence-corrected chi connectivity index (χ2v) is 10.9. The number of phenolic OH excluding ortho intramolecular Hbond substituents is 1. The zero-order valence-electron chi connectivity index (χ0n) is 20.0. The summed E-state index contributed by atoms with van der Waals surface area (Å²) in [6.07, 6.45) is 5.71. The molecular formula is C26H33NO6. The van der Waals surface area contributed by atoms with Gasteiger partial charge < -0.3 is 24.2 Å². The van der Waals surface area contributed by atoms with Crippen LogP contribution in [0.25, 0.3) is 0 Å². The topological polar surface area (TPSA) is 85.3 Å². The first-order valence-electron chi connectivity index (χ1n) is 11.8. The number of aromatic hydroxyl groups is 1. The Morgan fingerprint density at radius 3 is 2.76 bits per heavy atom. The van der Waals surface area contributed by atoms with E-state index in [4.69, 9.17) is 14.2 Å². The van der Waals surface area contributed by atoms with E-state index in [0.717, 1.165) is 30.5 Å². The number of aryl methyl sites for hydroxylation is 1. The minimum atomic E-state index is -0.529. The van der Waals surface area contributed by atoms with Crippen LogP contribution < -0.4 is 4.74 Å². The Labute approximate surface area is 194 Å². The van der Waals surface area contributed by atoms with Crippen LogP contribution in [-0.2, 0) is 37.3 Å². The molecule has 2 aliphatic heterocycles. The van der Waals surface area contributed by atoms with Crippen molar-refractivity contribution in [3.8, 4) is 11.5 Å². The lowest BCUT2D eigenvalue weighted by molar-refractivity contribution is -0.155. The molecule has 2 unspecified atom stereocenters. The zero-order valence-corrected chi connectivity index (χ0v) is 20.0. The van der Waals surface area contributed by atoms with Crippen molar-refractivity contribution in [2.45, 2.75) is 82.6 Å². The number of ether oxygens (including phenoxy) is 3. The maximum atomic E-state index is 12.4. The predicted octanol–water partition coefficient (Wildman–Crippen LogP) is 3.04. The number of phenols is 1. The van der Waals surface area contributed by atoms with E-state index < -0.39 is 11.7 Å².